The molecule has 1 aliphatic heterocycles. The maximum Gasteiger partial charge on any atom is 0.225 e. The molecule has 2 rings (SSSR count). The van der Waals surface area contributed by atoms with E-state index in [-0.39, 0.29) is 6.04 Å². The van der Waals surface area contributed by atoms with Crippen LogP contribution in [0, 0.1) is 0 Å². The van der Waals surface area contributed by atoms with Crippen molar-refractivity contribution in [3.05, 3.63) is 18.0 Å². The van der Waals surface area contributed by atoms with E-state index in [4.69, 9.17) is 5.73 Å². The van der Waals surface area contributed by atoms with Crippen LogP contribution in [0.5, 0.6) is 0 Å². The maximum atomic E-state index is 5.77. The zero-order chi connectivity index (χ0) is 13.7. The number of anilines is 1. The Bertz CT molecular complexity index is 370. The first-order valence-corrected chi connectivity index (χ1v) is 7.15. The number of aromatic nitrogens is 2. The van der Waals surface area contributed by atoms with Gasteiger partial charge in [0.1, 0.15) is 0 Å². The standard InChI is InChI=1S/C14H25N5/c1-12(15)9-13-10-16-14(17-11-13)18(2)7-8-19-5-3-4-6-19/h10-12H,3-9,15H2,1-2H3. The van der Waals surface area contributed by atoms with Crippen LogP contribution in [0.1, 0.15) is 25.3 Å². The third-order valence-electron chi connectivity index (χ3n) is 3.54. The molecule has 5 nitrogen and oxygen atoms in total. The van der Waals surface area contributed by atoms with Crippen LogP contribution in [0.15, 0.2) is 12.4 Å². The van der Waals surface area contributed by atoms with E-state index in [2.05, 4.69) is 26.8 Å². The smallest absolute Gasteiger partial charge is 0.225 e. The Kier molecular flexibility index (Phi) is 5.10. The number of likely N-dealkylation sites (N-methyl/N-ethyl adjacent to an activating group) is 1. The van der Waals surface area contributed by atoms with Crippen LogP contribution in [0.4, 0.5) is 5.95 Å². The normalized spacial score (nSPS) is 17.6. The lowest BCUT2D eigenvalue weighted by molar-refractivity contribution is 0.346. The van der Waals surface area contributed by atoms with Crippen molar-refractivity contribution in [1.29, 1.82) is 0 Å². The maximum absolute atomic E-state index is 5.77. The summed E-state index contributed by atoms with van der Waals surface area (Å²) in [4.78, 5) is 13.5. The van der Waals surface area contributed by atoms with Gasteiger partial charge in [0.15, 0.2) is 0 Å². The molecule has 0 aliphatic carbocycles. The Balaban J connectivity index is 1.82. The molecule has 0 spiro atoms. The van der Waals surface area contributed by atoms with Crippen molar-refractivity contribution < 1.29 is 0 Å². The van der Waals surface area contributed by atoms with Gasteiger partial charge in [-0.25, -0.2) is 9.97 Å². The summed E-state index contributed by atoms with van der Waals surface area (Å²) in [6.45, 7) is 6.55. The summed E-state index contributed by atoms with van der Waals surface area (Å²) in [5.74, 6) is 0.799. The van der Waals surface area contributed by atoms with Crippen LogP contribution in [0.2, 0.25) is 0 Å². The molecule has 2 heterocycles. The fourth-order valence-corrected chi connectivity index (χ4v) is 2.42. The van der Waals surface area contributed by atoms with Gasteiger partial charge in [0.05, 0.1) is 0 Å². The Morgan fingerprint density at radius 3 is 2.53 bits per heavy atom. The van der Waals surface area contributed by atoms with E-state index in [1.807, 2.05) is 19.3 Å². The molecule has 2 N–H and O–H groups in total. The zero-order valence-corrected chi connectivity index (χ0v) is 12.0. The topological polar surface area (TPSA) is 58.3 Å². The third-order valence-corrected chi connectivity index (χ3v) is 3.54. The van der Waals surface area contributed by atoms with E-state index in [0.29, 0.717) is 0 Å². The van der Waals surface area contributed by atoms with Crippen molar-refractivity contribution in [2.24, 2.45) is 5.73 Å². The number of rotatable bonds is 6. The van der Waals surface area contributed by atoms with E-state index in [1.165, 1.54) is 25.9 Å². The van der Waals surface area contributed by atoms with Gasteiger partial charge in [-0.15, -0.1) is 0 Å². The van der Waals surface area contributed by atoms with Crippen molar-refractivity contribution in [2.45, 2.75) is 32.2 Å². The molecular weight excluding hydrogens is 238 g/mol. The van der Waals surface area contributed by atoms with Gasteiger partial charge in [-0.05, 0) is 44.8 Å². The summed E-state index contributed by atoms with van der Waals surface area (Å²) in [7, 11) is 2.05. The Morgan fingerprint density at radius 1 is 1.32 bits per heavy atom. The molecular formula is C14H25N5. The molecule has 1 unspecified atom stereocenters. The number of likely N-dealkylation sites (tertiary alicyclic amines) is 1. The first-order valence-electron chi connectivity index (χ1n) is 7.15. The first-order chi connectivity index (χ1) is 9.15. The fraction of sp³-hybridized carbons (Fsp3) is 0.714. The van der Waals surface area contributed by atoms with Crippen molar-refractivity contribution in [3.8, 4) is 0 Å². The summed E-state index contributed by atoms with van der Waals surface area (Å²) in [6, 6.07) is 0.155. The highest BCUT2D eigenvalue weighted by Crippen LogP contribution is 2.09. The summed E-state index contributed by atoms with van der Waals surface area (Å²) >= 11 is 0. The number of hydrogen-bond donors (Lipinski definition) is 1. The van der Waals surface area contributed by atoms with E-state index < -0.39 is 0 Å². The molecule has 1 aromatic heterocycles. The summed E-state index contributed by atoms with van der Waals surface area (Å²) in [6.07, 6.45) is 7.28. The highest BCUT2D eigenvalue weighted by molar-refractivity contribution is 5.28. The Morgan fingerprint density at radius 2 is 1.95 bits per heavy atom. The monoisotopic (exact) mass is 263 g/mol. The van der Waals surface area contributed by atoms with Gasteiger partial charge in [-0.2, -0.15) is 0 Å². The van der Waals surface area contributed by atoms with Gasteiger partial charge in [0.25, 0.3) is 0 Å². The molecule has 0 bridgehead atoms. The molecule has 0 aromatic carbocycles. The molecule has 1 aromatic rings. The fourth-order valence-electron chi connectivity index (χ4n) is 2.42. The zero-order valence-electron chi connectivity index (χ0n) is 12.0. The highest BCUT2D eigenvalue weighted by Gasteiger charge is 2.12. The van der Waals surface area contributed by atoms with Gasteiger partial charge in [0.2, 0.25) is 5.95 Å². The predicted molar refractivity (Wildman–Crippen MR) is 78.3 cm³/mol. The van der Waals surface area contributed by atoms with Gasteiger partial charge >= 0.3 is 0 Å². The second kappa shape index (κ2) is 6.82. The van der Waals surface area contributed by atoms with Gasteiger partial charge < -0.3 is 15.5 Å². The van der Waals surface area contributed by atoms with E-state index in [9.17, 15) is 0 Å². The summed E-state index contributed by atoms with van der Waals surface area (Å²) in [5, 5.41) is 0. The van der Waals surface area contributed by atoms with Crippen LogP contribution in [0.25, 0.3) is 0 Å². The lowest BCUT2D eigenvalue weighted by Gasteiger charge is -2.21. The molecule has 106 valence electrons. The minimum atomic E-state index is 0.155. The molecule has 1 atom stereocenters. The number of nitrogens with two attached hydrogens (primary N) is 1. The van der Waals surface area contributed by atoms with Crippen LogP contribution in [-0.2, 0) is 6.42 Å². The van der Waals surface area contributed by atoms with Crippen molar-refractivity contribution >= 4 is 5.95 Å². The molecule has 0 amide bonds. The number of hydrogen-bond acceptors (Lipinski definition) is 5. The molecule has 5 heteroatoms. The Labute approximate surface area is 115 Å². The Hall–Kier alpha value is -1.20. The number of nitrogens with zero attached hydrogens (tertiary/aromatic N) is 4. The van der Waals surface area contributed by atoms with Gasteiger partial charge in [0, 0.05) is 38.6 Å². The molecule has 1 fully saturated rings. The summed E-state index contributed by atoms with van der Waals surface area (Å²) < 4.78 is 0. The molecule has 19 heavy (non-hydrogen) atoms. The SMILES string of the molecule is CC(N)Cc1cnc(N(C)CCN2CCCC2)nc1. The van der Waals surface area contributed by atoms with Crippen LogP contribution < -0.4 is 10.6 Å². The quantitative estimate of drug-likeness (QED) is 0.826. The average molecular weight is 263 g/mol. The minimum Gasteiger partial charge on any atom is -0.343 e. The van der Waals surface area contributed by atoms with E-state index in [0.717, 1.165) is 31.0 Å². The minimum absolute atomic E-state index is 0.155. The molecule has 1 aliphatic rings. The highest BCUT2D eigenvalue weighted by atomic mass is 15.3. The molecule has 0 radical (unpaired) electrons. The van der Waals surface area contributed by atoms with Gasteiger partial charge in [-0.3, -0.25) is 0 Å². The lowest BCUT2D eigenvalue weighted by Crippen LogP contribution is -2.32. The second-order valence-corrected chi connectivity index (χ2v) is 5.54. The second-order valence-electron chi connectivity index (χ2n) is 5.54. The van der Waals surface area contributed by atoms with Crippen molar-refractivity contribution in [2.75, 3.05) is 38.1 Å². The van der Waals surface area contributed by atoms with Gasteiger partial charge in [-0.1, -0.05) is 0 Å². The van der Waals surface area contributed by atoms with Crippen LogP contribution in [0.3, 0.4) is 0 Å². The van der Waals surface area contributed by atoms with Crippen molar-refractivity contribution in [1.82, 2.24) is 14.9 Å². The van der Waals surface area contributed by atoms with Crippen LogP contribution in [-0.4, -0.2) is 54.1 Å². The van der Waals surface area contributed by atoms with Crippen molar-refractivity contribution in [3.63, 3.8) is 0 Å². The molecule has 1 saturated heterocycles. The lowest BCUT2D eigenvalue weighted by atomic mass is 10.1. The summed E-state index contributed by atoms with van der Waals surface area (Å²) in [5.41, 5.74) is 6.87. The average Bonchev–Trinajstić information content (AvgIpc) is 2.89. The van der Waals surface area contributed by atoms with E-state index >= 15 is 0 Å². The predicted octanol–water partition coefficient (Wildman–Crippen LogP) is 0.898. The largest absolute Gasteiger partial charge is 0.343 e. The molecule has 0 saturated carbocycles. The third kappa shape index (κ3) is 4.44. The van der Waals surface area contributed by atoms with Crippen LogP contribution >= 0.6 is 0 Å². The first kappa shape index (κ1) is 14.2. The van der Waals surface area contributed by atoms with E-state index in [1.54, 1.807) is 0 Å².